The van der Waals surface area contributed by atoms with Crippen molar-refractivity contribution in [3.05, 3.63) is 64.7 Å². The van der Waals surface area contributed by atoms with E-state index in [9.17, 15) is 13.6 Å². The molecule has 1 atom stereocenters. The van der Waals surface area contributed by atoms with Gasteiger partial charge in [-0.3, -0.25) is 9.69 Å². The third-order valence-electron chi connectivity index (χ3n) is 5.29. The summed E-state index contributed by atoms with van der Waals surface area (Å²) in [5.74, 6) is -1.16. The minimum Gasteiger partial charge on any atom is -0.379 e. The van der Waals surface area contributed by atoms with E-state index in [1.807, 2.05) is 11.0 Å². The van der Waals surface area contributed by atoms with Crippen molar-refractivity contribution in [3.63, 3.8) is 0 Å². The molecule has 0 radical (unpaired) electrons. The number of amides is 1. The Hall–Kier alpha value is -1.77. The Morgan fingerprint density at radius 3 is 2.63 bits per heavy atom. The third kappa shape index (κ3) is 5.28. The summed E-state index contributed by atoms with van der Waals surface area (Å²) in [6.07, 6.45) is 0.585. The maximum Gasteiger partial charge on any atom is 0.246 e. The number of nitrogens with one attached hydrogen (secondary N) is 2. The maximum atomic E-state index is 15.0. The lowest BCUT2D eigenvalue weighted by molar-refractivity contribution is -0.123. The molecule has 0 aliphatic carbocycles. The molecule has 164 valence electrons. The van der Waals surface area contributed by atoms with Gasteiger partial charge in [0.1, 0.15) is 17.7 Å². The van der Waals surface area contributed by atoms with E-state index in [1.54, 1.807) is 18.2 Å². The average molecular weight is 460 g/mol. The van der Waals surface area contributed by atoms with Gasteiger partial charge in [-0.1, -0.05) is 18.2 Å². The Bertz CT molecular complexity index is 879. The number of carbonyl (C=O) groups excluding carboxylic acids is 1. The fourth-order valence-corrected chi connectivity index (χ4v) is 3.87. The van der Waals surface area contributed by atoms with Gasteiger partial charge in [0.2, 0.25) is 5.91 Å². The van der Waals surface area contributed by atoms with Crippen molar-refractivity contribution < 1.29 is 18.3 Å². The van der Waals surface area contributed by atoms with Crippen LogP contribution in [0.15, 0.2) is 36.4 Å². The monoisotopic (exact) mass is 459 g/mol. The zero-order chi connectivity index (χ0) is 19.5. The lowest BCUT2D eigenvalue weighted by Gasteiger charge is -2.34. The fourth-order valence-electron chi connectivity index (χ4n) is 3.87. The van der Waals surface area contributed by atoms with Crippen molar-refractivity contribution in [2.75, 3.05) is 38.2 Å². The lowest BCUT2D eigenvalue weighted by atomic mass is 9.99. The second kappa shape index (κ2) is 11.0. The number of morpholine rings is 1. The normalized spacial score (nSPS) is 17.1. The molecule has 1 fully saturated rings. The molecule has 2 heterocycles. The van der Waals surface area contributed by atoms with E-state index in [0.717, 1.165) is 5.56 Å². The van der Waals surface area contributed by atoms with E-state index < -0.39 is 11.9 Å². The van der Waals surface area contributed by atoms with Gasteiger partial charge in [-0.05, 0) is 47.9 Å². The Morgan fingerprint density at radius 2 is 1.90 bits per heavy atom. The van der Waals surface area contributed by atoms with Crippen LogP contribution in [0.1, 0.15) is 22.7 Å². The zero-order valence-corrected chi connectivity index (χ0v) is 18.0. The molecule has 0 saturated carbocycles. The van der Waals surface area contributed by atoms with Gasteiger partial charge in [0.15, 0.2) is 0 Å². The number of carbonyl (C=O) groups is 1. The number of ether oxygens (including phenoxy) is 1. The van der Waals surface area contributed by atoms with Crippen molar-refractivity contribution in [1.82, 2.24) is 10.2 Å². The number of hydrogen-bond donors (Lipinski definition) is 2. The number of nitrogens with zero attached hydrogens (tertiary/aromatic N) is 1. The highest BCUT2D eigenvalue weighted by Crippen LogP contribution is 2.28. The number of anilines is 1. The van der Waals surface area contributed by atoms with E-state index in [-0.39, 0.29) is 42.2 Å². The van der Waals surface area contributed by atoms with Crippen LogP contribution >= 0.6 is 24.8 Å². The zero-order valence-electron chi connectivity index (χ0n) is 16.3. The predicted octanol–water partition coefficient (Wildman–Crippen LogP) is 3.47. The summed E-state index contributed by atoms with van der Waals surface area (Å²) in [6.45, 7) is 3.43. The standard InChI is InChI=1S/C21H23F2N3O2.2ClH/c22-16-3-1-2-14(12-16)20(26-8-10-28-11-9-26)21(27)25-18-5-4-15-13-24-7-6-17(15)19(18)23;;/h1-5,12,20,24H,6-11,13H2,(H,25,27);2*1H. The number of halogens is 4. The molecule has 4 rings (SSSR count). The molecule has 9 heteroatoms. The van der Waals surface area contributed by atoms with Gasteiger partial charge in [0, 0.05) is 19.6 Å². The van der Waals surface area contributed by atoms with Crippen LogP contribution in [0.25, 0.3) is 0 Å². The van der Waals surface area contributed by atoms with Gasteiger partial charge >= 0.3 is 0 Å². The summed E-state index contributed by atoms with van der Waals surface area (Å²) in [6, 6.07) is 8.73. The molecule has 1 saturated heterocycles. The number of hydrogen-bond acceptors (Lipinski definition) is 4. The Kier molecular flexibility index (Phi) is 9.00. The van der Waals surface area contributed by atoms with Gasteiger partial charge in [0.25, 0.3) is 0 Å². The Labute approximate surface area is 187 Å². The SMILES string of the molecule is Cl.Cl.O=C(Nc1ccc2c(c1F)CCNC2)C(c1cccc(F)c1)N1CCOCC1. The Balaban J connectivity index is 0.00000160. The number of fused-ring (bicyclic) bond motifs is 1. The van der Waals surface area contributed by atoms with Crippen LogP contribution in [0, 0.1) is 11.6 Å². The van der Waals surface area contributed by atoms with Crippen LogP contribution in [0.3, 0.4) is 0 Å². The first-order chi connectivity index (χ1) is 13.6. The van der Waals surface area contributed by atoms with Crippen molar-refractivity contribution in [2.45, 2.75) is 19.0 Å². The molecule has 2 aliphatic rings. The molecular weight excluding hydrogens is 435 g/mol. The van der Waals surface area contributed by atoms with Crippen molar-refractivity contribution >= 4 is 36.4 Å². The average Bonchev–Trinajstić information content (AvgIpc) is 2.71. The fraction of sp³-hybridized carbons (Fsp3) is 0.381. The van der Waals surface area contributed by atoms with Crippen LogP contribution in [0.2, 0.25) is 0 Å². The molecule has 2 aromatic rings. The van der Waals surface area contributed by atoms with Gasteiger partial charge < -0.3 is 15.4 Å². The largest absolute Gasteiger partial charge is 0.379 e. The summed E-state index contributed by atoms with van der Waals surface area (Å²) < 4.78 is 34.1. The smallest absolute Gasteiger partial charge is 0.246 e. The van der Waals surface area contributed by atoms with Crippen molar-refractivity contribution in [2.24, 2.45) is 0 Å². The van der Waals surface area contributed by atoms with E-state index in [4.69, 9.17) is 4.74 Å². The second-order valence-corrected chi connectivity index (χ2v) is 7.09. The van der Waals surface area contributed by atoms with E-state index in [2.05, 4.69) is 10.6 Å². The third-order valence-corrected chi connectivity index (χ3v) is 5.29. The molecule has 1 unspecified atom stereocenters. The van der Waals surface area contributed by atoms with Gasteiger partial charge in [-0.2, -0.15) is 0 Å². The molecule has 2 N–H and O–H groups in total. The maximum absolute atomic E-state index is 15.0. The first-order valence-electron chi connectivity index (χ1n) is 9.52. The van der Waals surface area contributed by atoms with Crippen LogP contribution in [0.4, 0.5) is 14.5 Å². The second-order valence-electron chi connectivity index (χ2n) is 7.09. The quantitative estimate of drug-likeness (QED) is 0.734. The number of benzene rings is 2. The summed E-state index contributed by atoms with van der Waals surface area (Å²) >= 11 is 0. The molecule has 0 spiro atoms. The van der Waals surface area contributed by atoms with Gasteiger partial charge in [-0.25, -0.2) is 8.78 Å². The first-order valence-corrected chi connectivity index (χ1v) is 9.52. The number of rotatable bonds is 4. The molecule has 0 bridgehead atoms. The summed E-state index contributed by atoms with van der Waals surface area (Å²) in [5, 5.41) is 5.94. The van der Waals surface area contributed by atoms with Crippen LogP contribution < -0.4 is 10.6 Å². The predicted molar refractivity (Wildman–Crippen MR) is 116 cm³/mol. The van der Waals surface area contributed by atoms with Crippen LogP contribution in [0.5, 0.6) is 0 Å². The van der Waals surface area contributed by atoms with E-state index >= 15 is 0 Å². The molecule has 0 aromatic heterocycles. The highest BCUT2D eigenvalue weighted by Gasteiger charge is 2.30. The van der Waals surface area contributed by atoms with E-state index in [1.165, 1.54) is 12.1 Å². The highest BCUT2D eigenvalue weighted by molar-refractivity contribution is 5.95. The molecular formula is C21H25Cl2F2N3O2. The highest BCUT2D eigenvalue weighted by atomic mass is 35.5. The van der Waals surface area contributed by atoms with E-state index in [0.29, 0.717) is 56.9 Å². The molecule has 1 amide bonds. The van der Waals surface area contributed by atoms with Gasteiger partial charge in [-0.15, -0.1) is 24.8 Å². The first kappa shape index (κ1) is 24.5. The van der Waals surface area contributed by atoms with Crippen molar-refractivity contribution in [1.29, 1.82) is 0 Å². The summed E-state index contributed by atoms with van der Waals surface area (Å²) in [5.41, 5.74) is 2.27. The van der Waals surface area contributed by atoms with Crippen molar-refractivity contribution in [3.8, 4) is 0 Å². The molecule has 5 nitrogen and oxygen atoms in total. The molecule has 2 aliphatic heterocycles. The molecule has 30 heavy (non-hydrogen) atoms. The van der Waals surface area contributed by atoms with Gasteiger partial charge in [0.05, 0.1) is 18.9 Å². The lowest BCUT2D eigenvalue weighted by Crippen LogP contribution is -2.44. The van der Waals surface area contributed by atoms with Crippen LogP contribution in [-0.2, 0) is 22.5 Å². The minimum atomic E-state index is -0.711. The topological polar surface area (TPSA) is 53.6 Å². The summed E-state index contributed by atoms with van der Waals surface area (Å²) in [4.78, 5) is 15.1. The Morgan fingerprint density at radius 1 is 1.13 bits per heavy atom. The molecule has 2 aromatic carbocycles. The summed E-state index contributed by atoms with van der Waals surface area (Å²) in [7, 11) is 0. The van der Waals surface area contributed by atoms with Crippen LogP contribution in [-0.4, -0.2) is 43.7 Å². The minimum absolute atomic E-state index is 0.